The zero-order chi connectivity index (χ0) is 25.8. The molecule has 0 saturated carbocycles. The minimum absolute atomic E-state index is 0.124. The molecule has 0 amide bonds. The number of pyridine rings is 1. The minimum Gasteiger partial charge on any atom is -0.489 e. The zero-order valence-corrected chi connectivity index (χ0v) is 20.5. The van der Waals surface area contributed by atoms with Crippen molar-refractivity contribution < 1.29 is 27.4 Å². The van der Waals surface area contributed by atoms with Gasteiger partial charge >= 0.3 is 12.1 Å². The van der Waals surface area contributed by atoms with Crippen molar-refractivity contribution in [3.05, 3.63) is 65.1 Å². The van der Waals surface area contributed by atoms with Crippen LogP contribution < -0.4 is 9.47 Å². The average Bonchev–Trinajstić information content (AvgIpc) is 3.21. The van der Waals surface area contributed by atoms with Gasteiger partial charge < -0.3 is 9.47 Å². The van der Waals surface area contributed by atoms with E-state index in [1.165, 1.54) is 17.7 Å². The quantitative estimate of drug-likeness (QED) is 0.196. The third-order valence-corrected chi connectivity index (χ3v) is 5.40. The molecular formula is C26H30F3N3O3. The van der Waals surface area contributed by atoms with Crippen LogP contribution >= 0.6 is 0 Å². The van der Waals surface area contributed by atoms with E-state index in [0.717, 1.165) is 29.1 Å². The summed E-state index contributed by atoms with van der Waals surface area (Å²) in [5.74, 6) is 1.17. The fourth-order valence-electron chi connectivity index (χ4n) is 3.72. The molecule has 3 rings (SSSR count). The Hall–Kier alpha value is -3.36. The third-order valence-electron chi connectivity index (χ3n) is 5.40. The number of alkyl halides is 3. The van der Waals surface area contributed by atoms with Crippen LogP contribution in [0.2, 0.25) is 0 Å². The van der Waals surface area contributed by atoms with Gasteiger partial charge in [0, 0.05) is 24.9 Å². The number of ether oxygens (including phenoxy) is 2. The van der Waals surface area contributed by atoms with Crippen molar-refractivity contribution in [2.75, 3.05) is 6.61 Å². The summed E-state index contributed by atoms with van der Waals surface area (Å²) in [7, 11) is 0. The summed E-state index contributed by atoms with van der Waals surface area (Å²) in [4.78, 5) is 15.4. The summed E-state index contributed by atoms with van der Waals surface area (Å²) in [6, 6.07) is 7.80. The molecule has 35 heavy (non-hydrogen) atoms. The van der Waals surface area contributed by atoms with Crippen LogP contribution in [-0.2, 0) is 17.4 Å². The van der Waals surface area contributed by atoms with Gasteiger partial charge in [-0.05, 0) is 48.4 Å². The molecule has 2 aromatic heterocycles. The molecule has 0 atom stereocenters. The van der Waals surface area contributed by atoms with Gasteiger partial charge in [-0.2, -0.15) is 18.3 Å². The molecule has 0 spiro atoms. The van der Waals surface area contributed by atoms with E-state index < -0.39 is 17.7 Å². The molecule has 0 bridgehead atoms. The Morgan fingerprint density at radius 1 is 1.09 bits per heavy atom. The first-order chi connectivity index (χ1) is 16.5. The second-order valence-corrected chi connectivity index (χ2v) is 8.92. The van der Waals surface area contributed by atoms with Gasteiger partial charge in [0.25, 0.3) is 0 Å². The lowest BCUT2D eigenvalue weighted by Gasteiger charge is -2.17. The van der Waals surface area contributed by atoms with E-state index in [-0.39, 0.29) is 11.8 Å². The predicted molar refractivity (Wildman–Crippen MR) is 126 cm³/mol. The number of benzene rings is 1. The number of nitrogens with zero attached hydrogens (tertiary/aromatic N) is 3. The Balaban J connectivity index is 1.73. The first-order valence-electron chi connectivity index (χ1n) is 11.5. The molecule has 0 fully saturated rings. The smallest absolute Gasteiger partial charge is 0.417 e. The molecule has 6 nitrogen and oxygen atoms in total. The normalized spacial score (nSPS) is 11.8. The van der Waals surface area contributed by atoms with Gasteiger partial charge in [0.15, 0.2) is 17.3 Å². The Morgan fingerprint density at radius 3 is 2.40 bits per heavy atom. The standard InChI is InChI=1S/C26H30F3N3O3/c1-16(2)21-9-6-10-22(35-18(5)33)25(21)34-13-7-8-19-15-32(31-24(19)17(3)4)23-12-11-20(14-30-23)26(27,28)29/h6,9-12,14-17H,7-8,13H2,1-5H3. The Kier molecular flexibility index (Phi) is 8.19. The van der Waals surface area contributed by atoms with Crippen molar-refractivity contribution >= 4 is 5.97 Å². The van der Waals surface area contributed by atoms with Crippen molar-refractivity contribution in [1.82, 2.24) is 14.8 Å². The van der Waals surface area contributed by atoms with Crippen molar-refractivity contribution in [2.45, 2.75) is 65.5 Å². The highest BCUT2D eigenvalue weighted by Crippen LogP contribution is 2.36. The Morgan fingerprint density at radius 2 is 1.83 bits per heavy atom. The van der Waals surface area contributed by atoms with E-state index in [4.69, 9.17) is 9.47 Å². The molecule has 0 N–H and O–H groups in total. The summed E-state index contributed by atoms with van der Waals surface area (Å²) in [6.07, 6.45) is -0.504. The van der Waals surface area contributed by atoms with Crippen molar-refractivity contribution in [2.24, 2.45) is 0 Å². The Labute approximate surface area is 203 Å². The van der Waals surface area contributed by atoms with Crippen LogP contribution in [0.1, 0.15) is 75.3 Å². The van der Waals surface area contributed by atoms with E-state index in [0.29, 0.717) is 36.8 Å². The second-order valence-electron chi connectivity index (χ2n) is 8.92. The molecule has 2 heterocycles. The molecule has 0 aliphatic heterocycles. The number of para-hydroxylation sites is 1. The van der Waals surface area contributed by atoms with Gasteiger partial charge in [0.1, 0.15) is 0 Å². The summed E-state index contributed by atoms with van der Waals surface area (Å²) in [5.41, 5.74) is 1.98. The highest BCUT2D eigenvalue weighted by molar-refractivity contribution is 5.70. The monoisotopic (exact) mass is 489 g/mol. The van der Waals surface area contributed by atoms with Crippen LogP contribution in [0.4, 0.5) is 13.2 Å². The number of aromatic nitrogens is 3. The van der Waals surface area contributed by atoms with Gasteiger partial charge in [-0.15, -0.1) is 0 Å². The minimum atomic E-state index is -4.44. The number of carbonyl (C=O) groups is 1. The SMILES string of the molecule is CC(=O)Oc1cccc(C(C)C)c1OCCCc1cn(-c2ccc(C(F)(F)F)cn2)nc1C(C)C. The van der Waals surface area contributed by atoms with Crippen molar-refractivity contribution in [1.29, 1.82) is 0 Å². The first kappa shape index (κ1) is 26.2. The fraction of sp³-hybridized carbons (Fsp3) is 0.423. The van der Waals surface area contributed by atoms with Gasteiger partial charge in [-0.3, -0.25) is 4.79 Å². The van der Waals surface area contributed by atoms with Crippen LogP contribution in [0, 0.1) is 0 Å². The lowest BCUT2D eigenvalue weighted by Crippen LogP contribution is -2.08. The summed E-state index contributed by atoms with van der Waals surface area (Å²) in [5, 5.41) is 4.57. The maximum atomic E-state index is 12.8. The number of aryl methyl sites for hydroxylation is 1. The lowest BCUT2D eigenvalue weighted by atomic mass is 10.0. The molecule has 1 aromatic carbocycles. The van der Waals surface area contributed by atoms with Crippen LogP contribution in [0.15, 0.2) is 42.7 Å². The number of hydrogen-bond donors (Lipinski definition) is 0. The number of carbonyl (C=O) groups excluding carboxylic acids is 1. The van der Waals surface area contributed by atoms with E-state index in [1.54, 1.807) is 12.3 Å². The van der Waals surface area contributed by atoms with Gasteiger partial charge in [-0.25, -0.2) is 9.67 Å². The fourth-order valence-corrected chi connectivity index (χ4v) is 3.72. The highest BCUT2D eigenvalue weighted by atomic mass is 19.4. The van der Waals surface area contributed by atoms with E-state index in [9.17, 15) is 18.0 Å². The van der Waals surface area contributed by atoms with E-state index >= 15 is 0 Å². The van der Waals surface area contributed by atoms with Crippen molar-refractivity contribution in [3.63, 3.8) is 0 Å². The molecule has 188 valence electrons. The molecule has 0 aliphatic carbocycles. The maximum Gasteiger partial charge on any atom is 0.417 e. The van der Waals surface area contributed by atoms with Crippen LogP contribution in [0.25, 0.3) is 5.82 Å². The molecular weight excluding hydrogens is 459 g/mol. The largest absolute Gasteiger partial charge is 0.489 e. The summed E-state index contributed by atoms with van der Waals surface area (Å²) in [6.45, 7) is 9.84. The summed E-state index contributed by atoms with van der Waals surface area (Å²) < 4.78 is 51.5. The number of hydrogen-bond acceptors (Lipinski definition) is 5. The van der Waals surface area contributed by atoms with Gasteiger partial charge in [0.05, 0.1) is 17.9 Å². The van der Waals surface area contributed by atoms with Crippen LogP contribution in [0.5, 0.6) is 11.5 Å². The highest BCUT2D eigenvalue weighted by Gasteiger charge is 2.30. The summed E-state index contributed by atoms with van der Waals surface area (Å²) >= 11 is 0. The predicted octanol–water partition coefficient (Wildman–Crippen LogP) is 6.47. The molecule has 0 aliphatic rings. The molecule has 9 heteroatoms. The zero-order valence-electron chi connectivity index (χ0n) is 20.5. The topological polar surface area (TPSA) is 66.2 Å². The number of halogens is 3. The van der Waals surface area contributed by atoms with Gasteiger partial charge in [-0.1, -0.05) is 39.8 Å². The first-order valence-corrected chi connectivity index (χ1v) is 11.5. The molecule has 3 aromatic rings. The molecule has 0 radical (unpaired) electrons. The molecule has 0 saturated heterocycles. The van der Waals surface area contributed by atoms with Crippen LogP contribution in [-0.4, -0.2) is 27.3 Å². The lowest BCUT2D eigenvalue weighted by molar-refractivity contribution is -0.138. The van der Waals surface area contributed by atoms with Crippen LogP contribution in [0.3, 0.4) is 0 Å². The number of esters is 1. The van der Waals surface area contributed by atoms with E-state index in [2.05, 4.69) is 10.1 Å². The van der Waals surface area contributed by atoms with Gasteiger partial charge in [0.2, 0.25) is 0 Å². The second kappa shape index (κ2) is 10.9. The van der Waals surface area contributed by atoms with Crippen molar-refractivity contribution in [3.8, 4) is 17.3 Å². The maximum absolute atomic E-state index is 12.8. The Bertz CT molecular complexity index is 1150. The third kappa shape index (κ3) is 6.61. The molecule has 0 unspecified atom stereocenters. The number of rotatable bonds is 9. The van der Waals surface area contributed by atoms with E-state index in [1.807, 2.05) is 39.8 Å². The average molecular weight is 490 g/mol.